The number of hydrogen-bond acceptors (Lipinski definition) is 2. The Labute approximate surface area is 88.0 Å². The van der Waals surface area contributed by atoms with Gasteiger partial charge in [0, 0.05) is 5.54 Å². The molecular weight excluding hydrogens is 200 g/mol. The maximum atomic E-state index is 12.9. The van der Waals surface area contributed by atoms with E-state index in [1.54, 1.807) is 26.0 Å². The molecule has 4 heteroatoms. The molecule has 1 aromatic rings. The predicted molar refractivity (Wildman–Crippen MR) is 55.2 cm³/mol. The molecule has 0 unspecified atom stereocenters. The molecule has 0 radical (unpaired) electrons. The summed E-state index contributed by atoms with van der Waals surface area (Å²) in [5.41, 5.74) is 5.32. The number of alkyl halides is 2. The van der Waals surface area contributed by atoms with E-state index in [4.69, 9.17) is 10.5 Å². The molecule has 1 aromatic carbocycles. The van der Waals surface area contributed by atoms with Crippen molar-refractivity contribution in [2.75, 3.05) is 7.11 Å². The average Bonchev–Trinajstić information content (AvgIpc) is 2.15. The van der Waals surface area contributed by atoms with Crippen molar-refractivity contribution in [3.05, 3.63) is 29.3 Å². The largest absolute Gasteiger partial charge is 0.496 e. The van der Waals surface area contributed by atoms with Crippen molar-refractivity contribution in [3.63, 3.8) is 0 Å². The monoisotopic (exact) mass is 215 g/mol. The minimum atomic E-state index is -2.58. The standard InChI is InChI=1S/C11H15F2NO/c1-11(2,14)7-5-4-6-8(15-3)9(7)10(12)13/h4-6,10H,14H2,1-3H3. The summed E-state index contributed by atoms with van der Waals surface area (Å²) >= 11 is 0. The molecule has 0 aromatic heterocycles. The van der Waals surface area contributed by atoms with E-state index in [1.807, 2.05) is 0 Å². The Kier molecular flexibility index (Phi) is 3.29. The highest BCUT2D eigenvalue weighted by Crippen LogP contribution is 2.36. The van der Waals surface area contributed by atoms with Gasteiger partial charge in [-0.3, -0.25) is 0 Å². The minimum Gasteiger partial charge on any atom is -0.496 e. The summed E-state index contributed by atoms with van der Waals surface area (Å²) in [6.07, 6.45) is -2.58. The third-order valence-electron chi connectivity index (χ3n) is 2.20. The van der Waals surface area contributed by atoms with Crippen LogP contribution in [0.15, 0.2) is 18.2 Å². The minimum absolute atomic E-state index is 0.118. The first-order chi connectivity index (χ1) is 6.88. The van der Waals surface area contributed by atoms with Gasteiger partial charge in [0.2, 0.25) is 0 Å². The van der Waals surface area contributed by atoms with Crippen LogP contribution in [0.5, 0.6) is 5.75 Å². The third kappa shape index (κ3) is 2.45. The normalized spacial score (nSPS) is 11.9. The maximum absolute atomic E-state index is 12.9. The third-order valence-corrected chi connectivity index (χ3v) is 2.20. The summed E-state index contributed by atoms with van der Waals surface area (Å²) in [7, 11) is 1.37. The molecule has 0 amide bonds. The lowest BCUT2D eigenvalue weighted by atomic mass is 9.90. The molecule has 0 aliphatic carbocycles. The summed E-state index contributed by atoms with van der Waals surface area (Å²) in [5.74, 6) is 0.182. The van der Waals surface area contributed by atoms with Gasteiger partial charge in [-0.15, -0.1) is 0 Å². The van der Waals surface area contributed by atoms with Gasteiger partial charge in [-0.2, -0.15) is 0 Å². The summed E-state index contributed by atoms with van der Waals surface area (Å²) < 4.78 is 30.6. The van der Waals surface area contributed by atoms with Crippen LogP contribution in [-0.4, -0.2) is 7.11 Å². The molecule has 1 rings (SSSR count). The molecule has 0 heterocycles. The predicted octanol–water partition coefficient (Wildman–Crippen LogP) is 2.83. The SMILES string of the molecule is COc1cccc(C(C)(C)N)c1C(F)F. The van der Waals surface area contributed by atoms with Crippen molar-refractivity contribution in [2.24, 2.45) is 5.73 Å². The van der Waals surface area contributed by atoms with E-state index < -0.39 is 12.0 Å². The first-order valence-electron chi connectivity index (χ1n) is 4.62. The van der Waals surface area contributed by atoms with Gasteiger partial charge in [-0.25, -0.2) is 8.78 Å². The highest BCUT2D eigenvalue weighted by Gasteiger charge is 2.26. The second-order valence-corrected chi connectivity index (χ2v) is 3.94. The molecule has 2 N–H and O–H groups in total. The van der Waals surface area contributed by atoms with E-state index in [9.17, 15) is 8.78 Å². The zero-order valence-electron chi connectivity index (χ0n) is 9.05. The molecule has 0 aliphatic heterocycles. The van der Waals surface area contributed by atoms with Gasteiger partial charge in [0.25, 0.3) is 6.43 Å². The van der Waals surface area contributed by atoms with Crippen molar-refractivity contribution in [3.8, 4) is 5.75 Å². The van der Waals surface area contributed by atoms with E-state index in [2.05, 4.69) is 0 Å². The van der Waals surface area contributed by atoms with E-state index in [0.717, 1.165) is 0 Å². The van der Waals surface area contributed by atoms with E-state index >= 15 is 0 Å². The van der Waals surface area contributed by atoms with Crippen molar-refractivity contribution in [2.45, 2.75) is 25.8 Å². The summed E-state index contributed by atoms with van der Waals surface area (Å²) in [6.45, 7) is 3.38. The van der Waals surface area contributed by atoms with Gasteiger partial charge >= 0.3 is 0 Å². The summed E-state index contributed by atoms with van der Waals surface area (Å²) in [5, 5.41) is 0. The van der Waals surface area contributed by atoms with Gasteiger partial charge in [0.15, 0.2) is 0 Å². The van der Waals surface area contributed by atoms with Crippen LogP contribution in [0.25, 0.3) is 0 Å². The van der Waals surface area contributed by atoms with Crippen molar-refractivity contribution >= 4 is 0 Å². The van der Waals surface area contributed by atoms with Crippen LogP contribution in [0.4, 0.5) is 8.78 Å². The fraction of sp³-hybridized carbons (Fsp3) is 0.455. The number of hydrogen-bond donors (Lipinski definition) is 1. The molecule has 0 aliphatic rings. The van der Waals surface area contributed by atoms with Gasteiger partial charge in [0.1, 0.15) is 5.75 Å². The maximum Gasteiger partial charge on any atom is 0.267 e. The number of methoxy groups -OCH3 is 1. The van der Waals surface area contributed by atoms with E-state index in [0.29, 0.717) is 5.56 Å². The molecule has 0 atom stereocenters. The highest BCUT2D eigenvalue weighted by atomic mass is 19.3. The van der Waals surface area contributed by atoms with Gasteiger partial charge in [-0.1, -0.05) is 12.1 Å². The zero-order chi connectivity index (χ0) is 11.6. The van der Waals surface area contributed by atoms with E-state index in [1.165, 1.54) is 13.2 Å². The van der Waals surface area contributed by atoms with Crippen LogP contribution in [0, 0.1) is 0 Å². The molecular formula is C11H15F2NO. The molecule has 0 bridgehead atoms. The highest BCUT2D eigenvalue weighted by molar-refractivity contribution is 5.44. The Hall–Kier alpha value is -1.16. The second kappa shape index (κ2) is 4.14. The van der Waals surface area contributed by atoms with Crippen molar-refractivity contribution in [1.82, 2.24) is 0 Å². The van der Waals surface area contributed by atoms with Crippen LogP contribution >= 0.6 is 0 Å². The van der Waals surface area contributed by atoms with Crippen molar-refractivity contribution < 1.29 is 13.5 Å². The molecule has 2 nitrogen and oxygen atoms in total. The average molecular weight is 215 g/mol. The number of benzene rings is 1. The van der Waals surface area contributed by atoms with Gasteiger partial charge < -0.3 is 10.5 Å². The topological polar surface area (TPSA) is 35.2 Å². The number of nitrogens with two attached hydrogens (primary N) is 1. The first kappa shape index (κ1) is 11.9. The molecule has 15 heavy (non-hydrogen) atoms. The summed E-state index contributed by atoms with van der Waals surface area (Å²) in [4.78, 5) is 0. The Balaban J connectivity index is 3.39. The molecule has 0 saturated heterocycles. The Bertz CT molecular complexity index is 345. The lowest BCUT2D eigenvalue weighted by Gasteiger charge is -2.24. The lowest BCUT2D eigenvalue weighted by Crippen LogP contribution is -2.30. The second-order valence-electron chi connectivity index (χ2n) is 3.94. The first-order valence-corrected chi connectivity index (χ1v) is 4.62. The number of halogens is 2. The molecule has 0 fully saturated rings. The Morgan fingerprint density at radius 1 is 1.33 bits per heavy atom. The van der Waals surface area contributed by atoms with Crippen LogP contribution < -0.4 is 10.5 Å². The number of ether oxygens (including phenoxy) is 1. The smallest absolute Gasteiger partial charge is 0.267 e. The van der Waals surface area contributed by atoms with Crippen LogP contribution in [0.3, 0.4) is 0 Å². The summed E-state index contributed by atoms with van der Waals surface area (Å²) in [6, 6.07) is 4.77. The Morgan fingerprint density at radius 2 is 1.93 bits per heavy atom. The van der Waals surface area contributed by atoms with Gasteiger partial charge in [-0.05, 0) is 25.5 Å². The van der Waals surface area contributed by atoms with Crippen LogP contribution in [0.2, 0.25) is 0 Å². The van der Waals surface area contributed by atoms with Crippen LogP contribution in [0.1, 0.15) is 31.4 Å². The van der Waals surface area contributed by atoms with Crippen molar-refractivity contribution in [1.29, 1.82) is 0 Å². The fourth-order valence-corrected chi connectivity index (χ4v) is 1.51. The zero-order valence-corrected chi connectivity index (χ0v) is 9.05. The molecule has 84 valence electrons. The number of rotatable bonds is 3. The Morgan fingerprint density at radius 3 is 2.33 bits per heavy atom. The van der Waals surface area contributed by atoms with Gasteiger partial charge in [0.05, 0.1) is 12.7 Å². The van der Waals surface area contributed by atoms with E-state index in [-0.39, 0.29) is 11.3 Å². The molecule has 0 saturated carbocycles. The lowest BCUT2D eigenvalue weighted by molar-refractivity contribution is 0.144. The fourth-order valence-electron chi connectivity index (χ4n) is 1.51. The van der Waals surface area contributed by atoms with Crippen LogP contribution in [-0.2, 0) is 5.54 Å². The quantitative estimate of drug-likeness (QED) is 0.841. The molecule has 0 spiro atoms.